The second-order valence-corrected chi connectivity index (χ2v) is 5.42. The van der Waals surface area contributed by atoms with Gasteiger partial charge < -0.3 is 14.9 Å². The number of benzene rings is 2. The molecule has 0 aliphatic rings. The molecule has 0 spiro atoms. The predicted molar refractivity (Wildman–Crippen MR) is 96.9 cm³/mol. The van der Waals surface area contributed by atoms with E-state index in [1.807, 2.05) is 56.3 Å². The van der Waals surface area contributed by atoms with Crippen molar-refractivity contribution in [1.29, 1.82) is 0 Å². The monoisotopic (exact) mass is 342 g/mol. The lowest BCUT2D eigenvalue weighted by atomic mass is 10.1. The third kappa shape index (κ3) is 7.83. The molecule has 2 aromatic rings. The fourth-order valence-corrected chi connectivity index (χ4v) is 1.99. The molecule has 5 nitrogen and oxygen atoms in total. The van der Waals surface area contributed by atoms with Crippen molar-refractivity contribution in [2.75, 3.05) is 6.61 Å². The number of carbonyl (C=O) groups excluding carboxylic acids is 1. The number of carboxylic acids is 1. The van der Waals surface area contributed by atoms with E-state index in [9.17, 15) is 9.90 Å². The summed E-state index contributed by atoms with van der Waals surface area (Å²) in [7, 11) is 0. The minimum atomic E-state index is -0.833. The van der Waals surface area contributed by atoms with Crippen LogP contribution in [0.1, 0.15) is 23.6 Å². The number of phenols is 1. The molecule has 0 bridgehead atoms. The van der Waals surface area contributed by atoms with Crippen molar-refractivity contribution in [1.82, 2.24) is 0 Å². The fourth-order valence-electron chi connectivity index (χ4n) is 1.99. The van der Waals surface area contributed by atoms with Crippen LogP contribution in [0.25, 0.3) is 6.08 Å². The zero-order chi connectivity index (χ0) is 18.8. The molecule has 0 fully saturated rings. The van der Waals surface area contributed by atoms with E-state index >= 15 is 0 Å². The number of carboxylic acid groups (broad SMARTS) is 1. The molecule has 5 heteroatoms. The van der Waals surface area contributed by atoms with Crippen LogP contribution in [0, 0.1) is 13.8 Å². The van der Waals surface area contributed by atoms with Gasteiger partial charge in [0.15, 0.2) is 12.4 Å². The van der Waals surface area contributed by atoms with Gasteiger partial charge in [0, 0.05) is 6.92 Å². The Hall–Kier alpha value is -3.08. The SMILES string of the molecule is CC(=O)O.Cc1cc(/C=C/C(=O)COc2ccccc2)cc(C)c1O. The lowest BCUT2D eigenvalue weighted by Crippen LogP contribution is -2.07. The summed E-state index contributed by atoms with van der Waals surface area (Å²) in [5.74, 6) is 0.0312. The molecule has 0 atom stereocenters. The molecule has 0 saturated carbocycles. The number of phenolic OH excluding ortho intramolecular Hbond substituents is 1. The summed E-state index contributed by atoms with van der Waals surface area (Å²) in [5.41, 5.74) is 2.47. The number of ketones is 1. The number of para-hydroxylation sites is 1. The Labute approximate surface area is 147 Å². The minimum Gasteiger partial charge on any atom is -0.507 e. The van der Waals surface area contributed by atoms with E-state index in [4.69, 9.17) is 14.6 Å². The lowest BCUT2D eigenvalue weighted by molar-refractivity contribution is -0.134. The lowest BCUT2D eigenvalue weighted by Gasteiger charge is -2.05. The molecule has 0 amide bonds. The molecule has 25 heavy (non-hydrogen) atoms. The van der Waals surface area contributed by atoms with E-state index in [0.717, 1.165) is 23.6 Å². The standard InChI is InChI=1S/C18H18O3.C2H4O2/c1-13-10-15(11-14(2)18(13)20)8-9-16(19)12-21-17-6-4-3-5-7-17;1-2(3)4/h3-11,20H,12H2,1-2H3;1H3,(H,3,4)/b9-8+;. The molecule has 0 aliphatic carbocycles. The Balaban J connectivity index is 0.000000705. The topological polar surface area (TPSA) is 83.8 Å². The van der Waals surface area contributed by atoms with E-state index in [2.05, 4.69) is 0 Å². The molecule has 0 heterocycles. The van der Waals surface area contributed by atoms with Crippen molar-refractivity contribution < 1.29 is 24.5 Å². The van der Waals surface area contributed by atoms with Crippen LogP contribution in [0.5, 0.6) is 11.5 Å². The molecule has 0 saturated heterocycles. The molecular weight excluding hydrogens is 320 g/mol. The van der Waals surface area contributed by atoms with E-state index in [1.165, 1.54) is 6.08 Å². The van der Waals surface area contributed by atoms with Crippen molar-refractivity contribution in [2.24, 2.45) is 0 Å². The summed E-state index contributed by atoms with van der Waals surface area (Å²) in [6.07, 6.45) is 3.23. The summed E-state index contributed by atoms with van der Waals surface area (Å²) in [6.45, 7) is 4.76. The van der Waals surface area contributed by atoms with Crippen molar-refractivity contribution in [3.05, 3.63) is 65.2 Å². The van der Waals surface area contributed by atoms with Gasteiger partial charge >= 0.3 is 0 Å². The molecule has 0 radical (unpaired) electrons. The highest BCUT2D eigenvalue weighted by Gasteiger charge is 2.02. The largest absolute Gasteiger partial charge is 0.507 e. The first-order chi connectivity index (χ1) is 11.8. The number of ether oxygens (including phenoxy) is 1. The van der Waals surface area contributed by atoms with Crippen LogP contribution in [0.4, 0.5) is 0 Å². The van der Waals surface area contributed by atoms with E-state index in [0.29, 0.717) is 11.5 Å². The van der Waals surface area contributed by atoms with Gasteiger partial charge in [-0.05, 0) is 60.9 Å². The Morgan fingerprint density at radius 2 is 1.60 bits per heavy atom. The summed E-state index contributed by atoms with van der Waals surface area (Å²) in [4.78, 5) is 20.8. The zero-order valence-corrected chi connectivity index (χ0v) is 14.5. The number of carbonyl (C=O) groups is 2. The summed E-state index contributed by atoms with van der Waals surface area (Å²) in [5, 5.41) is 17.1. The average Bonchev–Trinajstić information content (AvgIpc) is 2.56. The van der Waals surface area contributed by atoms with Crippen LogP contribution in [0.2, 0.25) is 0 Å². The Morgan fingerprint density at radius 3 is 2.12 bits per heavy atom. The Kier molecular flexibility index (Phi) is 7.93. The normalized spacial score (nSPS) is 10.0. The summed E-state index contributed by atoms with van der Waals surface area (Å²) < 4.78 is 5.38. The molecule has 0 unspecified atom stereocenters. The van der Waals surface area contributed by atoms with Crippen LogP contribution in [-0.4, -0.2) is 28.6 Å². The van der Waals surface area contributed by atoms with E-state index in [-0.39, 0.29) is 12.4 Å². The number of aromatic hydroxyl groups is 1. The summed E-state index contributed by atoms with van der Waals surface area (Å²) in [6, 6.07) is 12.9. The molecule has 2 rings (SSSR count). The molecule has 0 aliphatic heterocycles. The van der Waals surface area contributed by atoms with E-state index < -0.39 is 5.97 Å². The fraction of sp³-hybridized carbons (Fsp3) is 0.200. The smallest absolute Gasteiger partial charge is 0.300 e. The van der Waals surface area contributed by atoms with Gasteiger partial charge in [0.2, 0.25) is 0 Å². The van der Waals surface area contributed by atoms with Crippen molar-refractivity contribution in [3.63, 3.8) is 0 Å². The molecule has 0 aromatic heterocycles. The molecule has 132 valence electrons. The first-order valence-corrected chi connectivity index (χ1v) is 7.68. The average molecular weight is 342 g/mol. The third-order valence-corrected chi connectivity index (χ3v) is 3.10. The highest BCUT2D eigenvalue weighted by molar-refractivity contribution is 5.94. The molecular formula is C20H22O5. The highest BCUT2D eigenvalue weighted by atomic mass is 16.5. The van der Waals surface area contributed by atoms with Crippen molar-refractivity contribution >= 4 is 17.8 Å². The van der Waals surface area contributed by atoms with Gasteiger partial charge in [0.1, 0.15) is 11.5 Å². The van der Waals surface area contributed by atoms with Crippen LogP contribution >= 0.6 is 0 Å². The van der Waals surface area contributed by atoms with Gasteiger partial charge in [-0.25, -0.2) is 0 Å². The first kappa shape index (κ1) is 20.0. The van der Waals surface area contributed by atoms with Gasteiger partial charge in [-0.2, -0.15) is 0 Å². The van der Waals surface area contributed by atoms with Crippen molar-refractivity contribution in [3.8, 4) is 11.5 Å². The predicted octanol–water partition coefficient (Wildman–Crippen LogP) is 3.76. The van der Waals surface area contributed by atoms with Gasteiger partial charge in [-0.15, -0.1) is 0 Å². The number of aliphatic carboxylic acids is 1. The number of hydrogen-bond acceptors (Lipinski definition) is 4. The zero-order valence-electron chi connectivity index (χ0n) is 14.5. The maximum atomic E-state index is 11.8. The van der Waals surface area contributed by atoms with Gasteiger partial charge in [0.05, 0.1) is 0 Å². The number of aryl methyl sites for hydroxylation is 2. The molecule has 2 aromatic carbocycles. The maximum absolute atomic E-state index is 11.8. The quantitative estimate of drug-likeness (QED) is 0.808. The first-order valence-electron chi connectivity index (χ1n) is 7.68. The van der Waals surface area contributed by atoms with Gasteiger partial charge in [-0.1, -0.05) is 24.3 Å². The van der Waals surface area contributed by atoms with Crippen LogP contribution < -0.4 is 4.74 Å². The Morgan fingerprint density at radius 1 is 1.08 bits per heavy atom. The van der Waals surface area contributed by atoms with Gasteiger partial charge in [0.25, 0.3) is 5.97 Å². The van der Waals surface area contributed by atoms with E-state index in [1.54, 1.807) is 6.08 Å². The summed E-state index contributed by atoms with van der Waals surface area (Å²) >= 11 is 0. The third-order valence-electron chi connectivity index (χ3n) is 3.10. The highest BCUT2D eigenvalue weighted by Crippen LogP contribution is 2.23. The van der Waals surface area contributed by atoms with Crippen LogP contribution in [0.15, 0.2) is 48.5 Å². The second-order valence-electron chi connectivity index (χ2n) is 5.42. The maximum Gasteiger partial charge on any atom is 0.300 e. The number of hydrogen-bond donors (Lipinski definition) is 2. The molecule has 2 N–H and O–H groups in total. The van der Waals surface area contributed by atoms with Crippen LogP contribution in [0.3, 0.4) is 0 Å². The Bertz CT molecular complexity index is 721. The number of rotatable bonds is 5. The van der Waals surface area contributed by atoms with Gasteiger partial charge in [-0.3, -0.25) is 9.59 Å². The van der Waals surface area contributed by atoms with Crippen molar-refractivity contribution in [2.45, 2.75) is 20.8 Å². The van der Waals surface area contributed by atoms with Crippen LogP contribution in [-0.2, 0) is 9.59 Å². The second kappa shape index (κ2) is 9.93. The minimum absolute atomic E-state index is 0.0105.